The van der Waals surface area contributed by atoms with Crippen LogP contribution < -0.4 is 14.4 Å². The predicted octanol–water partition coefficient (Wildman–Crippen LogP) is 2.89. The van der Waals surface area contributed by atoms with Crippen LogP contribution in [0.25, 0.3) is 0 Å². The summed E-state index contributed by atoms with van der Waals surface area (Å²) in [5.41, 5.74) is 0.709. The molecule has 0 radical (unpaired) electrons. The van der Waals surface area contributed by atoms with Crippen molar-refractivity contribution in [3.8, 4) is 11.5 Å². The first kappa shape index (κ1) is 20.5. The van der Waals surface area contributed by atoms with Gasteiger partial charge in [0, 0.05) is 17.2 Å². The molecule has 1 aromatic rings. The molecule has 0 unspecified atom stereocenters. The molecule has 158 valence electrons. The lowest BCUT2D eigenvalue weighted by Crippen LogP contribution is -2.38. The molecule has 29 heavy (non-hydrogen) atoms. The molecular formula is C20H26N2O5S2. The van der Waals surface area contributed by atoms with Gasteiger partial charge in [0.25, 0.3) is 5.91 Å². The minimum atomic E-state index is -3.12. The van der Waals surface area contributed by atoms with Crippen LogP contribution in [0.2, 0.25) is 0 Å². The number of thioether (sulfide) groups is 1. The number of fused-ring (bicyclic) bond motifs is 1. The topological polar surface area (TPSA) is 85.3 Å². The molecule has 1 aromatic carbocycles. The molecule has 1 saturated carbocycles. The normalized spacial score (nSPS) is 27.8. The molecule has 0 N–H and O–H groups in total. The second-order valence-corrected chi connectivity index (χ2v) is 11.1. The third-order valence-electron chi connectivity index (χ3n) is 5.87. The van der Waals surface area contributed by atoms with Gasteiger partial charge in [0.15, 0.2) is 15.0 Å². The zero-order chi connectivity index (χ0) is 20.6. The zero-order valence-electron chi connectivity index (χ0n) is 16.7. The van der Waals surface area contributed by atoms with E-state index < -0.39 is 9.84 Å². The Hall–Kier alpha value is -1.74. The predicted molar refractivity (Wildman–Crippen MR) is 115 cm³/mol. The molecule has 0 bridgehead atoms. The number of anilines is 1. The van der Waals surface area contributed by atoms with Crippen LogP contribution in [-0.4, -0.2) is 56.5 Å². The third kappa shape index (κ3) is 4.12. The van der Waals surface area contributed by atoms with E-state index in [1.807, 2.05) is 11.0 Å². The average molecular weight is 439 g/mol. The number of carbonyl (C=O) groups excluding carboxylic acids is 1. The lowest BCUT2D eigenvalue weighted by atomic mass is 9.89. The molecule has 3 fully saturated rings. The van der Waals surface area contributed by atoms with Crippen molar-refractivity contribution in [2.75, 3.05) is 30.6 Å². The molecule has 1 amide bonds. The fraction of sp³-hybridized carbons (Fsp3) is 0.600. The molecule has 2 aliphatic heterocycles. The first-order valence-electron chi connectivity index (χ1n) is 9.93. The van der Waals surface area contributed by atoms with Crippen LogP contribution in [0.1, 0.15) is 32.1 Å². The van der Waals surface area contributed by atoms with Gasteiger partial charge in [0.2, 0.25) is 0 Å². The second kappa shape index (κ2) is 8.18. The van der Waals surface area contributed by atoms with Crippen molar-refractivity contribution < 1.29 is 22.7 Å². The van der Waals surface area contributed by atoms with Crippen molar-refractivity contribution in [3.63, 3.8) is 0 Å². The number of amidine groups is 1. The Balaban J connectivity index is 1.71. The highest BCUT2D eigenvalue weighted by molar-refractivity contribution is 8.16. The van der Waals surface area contributed by atoms with Crippen molar-refractivity contribution in [2.24, 2.45) is 10.9 Å². The van der Waals surface area contributed by atoms with Gasteiger partial charge in [-0.25, -0.2) is 8.42 Å². The number of aliphatic imine (C=N–C) groups is 1. The van der Waals surface area contributed by atoms with E-state index in [4.69, 9.17) is 9.47 Å². The monoisotopic (exact) mass is 438 g/mol. The smallest absolute Gasteiger partial charge is 0.251 e. The van der Waals surface area contributed by atoms with E-state index in [0.717, 1.165) is 25.7 Å². The molecule has 0 aromatic heterocycles. The van der Waals surface area contributed by atoms with Gasteiger partial charge in [0.05, 0.1) is 37.5 Å². The number of carbonyl (C=O) groups is 1. The first-order chi connectivity index (χ1) is 13.9. The van der Waals surface area contributed by atoms with Crippen LogP contribution in [0.5, 0.6) is 11.5 Å². The Kier molecular flexibility index (Phi) is 5.79. The molecule has 3 aliphatic rings. The standard InChI is InChI=1S/C20H26N2O5S2/c1-26-14-8-9-15(17(10-14)27-2)22-16-11-29(24,25)12-18(16)28-20(22)21-19(23)13-6-4-3-5-7-13/h8-10,13,16,18H,3-7,11-12H2,1-2H3/t16-,18-/m1/s1. The molecule has 2 saturated heterocycles. The molecule has 7 nitrogen and oxygen atoms in total. The Morgan fingerprint density at radius 1 is 1.14 bits per heavy atom. The quantitative estimate of drug-likeness (QED) is 0.714. The highest BCUT2D eigenvalue weighted by atomic mass is 32.2. The number of hydrogen-bond acceptors (Lipinski definition) is 6. The number of sulfone groups is 1. The van der Waals surface area contributed by atoms with Gasteiger partial charge in [-0.15, -0.1) is 0 Å². The van der Waals surface area contributed by atoms with E-state index in [2.05, 4.69) is 4.99 Å². The van der Waals surface area contributed by atoms with E-state index in [0.29, 0.717) is 22.4 Å². The van der Waals surface area contributed by atoms with Crippen LogP contribution in [0.15, 0.2) is 23.2 Å². The summed E-state index contributed by atoms with van der Waals surface area (Å²) in [6, 6.07) is 5.15. The molecule has 1 aliphatic carbocycles. The van der Waals surface area contributed by atoms with Crippen LogP contribution in [0, 0.1) is 5.92 Å². The lowest BCUT2D eigenvalue weighted by molar-refractivity contribution is -0.122. The van der Waals surface area contributed by atoms with Gasteiger partial charge >= 0.3 is 0 Å². The number of nitrogens with zero attached hydrogens (tertiary/aromatic N) is 2. The summed E-state index contributed by atoms with van der Waals surface area (Å²) in [5, 5.41) is 0.443. The van der Waals surface area contributed by atoms with Crippen LogP contribution in [0.3, 0.4) is 0 Å². The minimum absolute atomic E-state index is 0.0272. The van der Waals surface area contributed by atoms with Gasteiger partial charge in [-0.2, -0.15) is 4.99 Å². The zero-order valence-corrected chi connectivity index (χ0v) is 18.3. The first-order valence-corrected chi connectivity index (χ1v) is 12.6. The van der Waals surface area contributed by atoms with Gasteiger partial charge in [-0.1, -0.05) is 31.0 Å². The maximum atomic E-state index is 12.8. The molecule has 2 heterocycles. The van der Waals surface area contributed by atoms with Crippen LogP contribution >= 0.6 is 11.8 Å². The van der Waals surface area contributed by atoms with Gasteiger partial charge in [0.1, 0.15) is 11.5 Å². The Morgan fingerprint density at radius 2 is 1.90 bits per heavy atom. The Labute approximate surface area is 175 Å². The number of ether oxygens (including phenoxy) is 2. The number of methoxy groups -OCH3 is 2. The van der Waals surface area contributed by atoms with Gasteiger partial charge < -0.3 is 14.4 Å². The van der Waals surface area contributed by atoms with E-state index in [9.17, 15) is 13.2 Å². The Morgan fingerprint density at radius 3 is 2.59 bits per heavy atom. The maximum absolute atomic E-state index is 12.8. The number of hydrogen-bond donors (Lipinski definition) is 0. The number of amides is 1. The van der Waals surface area contributed by atoms with E-state index in [1.54, 1.807) is 26.4 Å². The van der Waals surface area contributed by atoms with E-state index in [1.165, 1.54) is 18.2 Å². The minimum Gasteiger partial charge on any atom is -0.497 e. The van der Waals surface area contributed by atoms with Crippen molar-refractivity contribution >= 4 is 38.4 Å². The Bertz CT molecular complexity index is 925. The number of rotatable bonds is 4. The third-order valence-corrected chi connectivity index (χ3v) is 9.08. The lowest BCUT2D eigenvalue weighted by Gasteiger charge is -2.27. The van der Waals surface area contributed by atoms with Crippen molar-refractivity contribution in [3.05, 3.63) is 18.2 Å². The average Bonchev–Trinajstić information content (AvgIpc) is 3.18. The van der Waals surface area contributed by atoms with E-state index in [-0.39, 0.29) is 34.6 Å². The summed E-state index contributed by atoms with van der Waals surface area (Å²) in [6.45, 7) is 0. The van der Waals surface area contributed by atoms with Gasteiger partial charge in [-0.05, 0) is 25.0 Å². The second-order valence-electron chi connectivity index (χ2n) is 7.78. The summed E-state index contributed by atoms with van der Waals surface area (Å²) in [6.07, 6.45) is 5.06. The summed E-state index contributed by atoms with van der Waals surface area (Å²) >= 11 is 1.40. The summed E-state index contributed by atoms with van der Waals surface area (Å²) in [7, 11) is 0.0235. The van der Waals surface area contributed by atoms with Gasteiger partial charge in [-0.3, -0.25) is 4.79 Å². The molecule has 0 spiro atoms. The van der Waals surface area contributed by atoms with Crippen LogP contribution in [0.4, 0.5) is 5.69 Å². The van der Waals surface area contributed by atoms with Crippen LogP contribution in [-0.2, 0) is 14.6 Å². The summed E-state index contributed by atoms with van der Waals surface area (Å²) in [4.78, 5) is 19.2. The van der Waals surface area contributed by atoms with Crippen molar-refractivity contribution in [1.29, 1.82) is 0 Å². The summed E-state index contributed by atoms with van der Waals surface area (Å²) < 4.78 is 35.3. The molecule has 4 rings (SSSR count). The summed E-state index contributed by atoms with van der Waals surface area (Å²) in [5.74, 6) is 1.25. The molecular weight excluding hydrogens is 412 g/mol. The highest BCUT2D eigenvalue weighted by Gasteiger charge is 2.50. The molecule has 9 heteroatoms. The largest absolute Gasteiger partial charge is 0.497 e. The fourth-order valence-corrected chi connectivity index (χ4v) is 8.28. The van der Waals surface area contributed by atoms with E-state index >= 15 is 0 Å². The number of benzene rings is 1. The highest BCUT2D eigenvalue weighted by Crippen LogP contribution is 2.45. The SMILES string of the molecule is COc1ccc(N2C(=NC(=O)C3CCCCC3)S[C@@H]3CS(=O)(=O)C[C@H]32)c(OC)c1. The van der Waals surface area contributed by atoms with Crippen molar-refractivity contribution in [2.45, 2.75) is 43.4 Å². The van der Waals surface area contributed by atoms with Crippen molar-refractivity contribution in [1.82, 2.24) is 0 Å². The maximum Gasteiger partial charge on any atom is 0.251 e. The molecule has 2 atom stereocenters. The fourth-order valence-electron chi connectivity index (χ4n) is 4.37.